The molecule has 5 heteroatoms. The Labute approximate surface area is 113 Å². The Hall–Kier alpha value is -1.10. The van der Waals surface area contributed by atoms with Crippen LogP contribution in [-0.4, -0.2) is 28.6 Å². The maximum Gasteiger partial charge on any atom is 0.153 e. The van der Waals surface area contributed by atoms with E-state index in [1.54, 1.807) is 6.07 Å². The van der Waals surface area contributed by atoms with Crippen LogP contribution in [0.5, 0.6) is 5.75 Å². The molecule has 0 saturated heterocycles. The summed E-state index contributed by atoms with van der Waals surface area (Å²) in [6.07, 6.45) is -0.128. The summed E-state index contributed by atoms with van der Waals surface area (Å²) in [5.41, 5.74) is 0.727. The molecule has 0 saturated carbocycles. The number of aldehydes is 1. The number of phenols is 1. The number of nitrogens with one attached hydrogen (secondary N) is 1. The van der Waals surface area contributed by atoms with E-state index in [1.807, 2.05) is 20.8 Å². The molecule has 1 aromatic rings. The van der Waals surface area contributed by atoms with Crippen LogP contribution in [-0.2, 0) is 0 Å². The first kappa shape index (κ1) is 16.9. The highest BCUT2D eigenvalue weighted by atomic mass is 35.5. The smallest absolute Gasteiger partial charge is 0.153 e. The lowest BCUT2D eigenvalue weighted by Gasteiger charge is -2.23. The molecule has 0 spiro atoms. The fourth-order valence-electron chi connectivity index (χ4n) is 1.40. The van der Waals surface area contributed by atoms with E-state index in [0.29, 0.717) is 18.4 Å². The van der Waals surface area contributed by atoms with Gasteiger partial charge in [0.05, 0.1) is 11.7 Å². The third kappa shape index (κ3) is 5.04. The average Bonchev–Trinajstić information content (AvgIpc) is 2.25. The minimum absolute atomic E-state index is 0. The van der Waals surface area contributed by atoms with E-state index < -0.39 is 6.10 Å². The Morgan fingerprint density at radius 2 is 2.00 bits per heavy atom. The Kier molecular flexibility index (Phi) is 6.32. The Morgan fingerprint density at radius 3 is 2.50 bits per heavy atom. The summed E-state index contributed by atoms with van der Waals surface area (Å²) in [6, 6.07) is 4.52. The molecule has 0 bridgehead atoms. The summed E-state index contributed by atoms with van der Waals surface area (Å²) in [6.45, 7) is 6.42. The summed E-state index contributed by atoms with van der Waals surface area (Å²) < 4.78 is 0. The maximum atomic E-state index is 10.7. The van der Waals surface area contributed by atoms with Crippen molar-refractivity contribution in [2.75, 3.05) is 6.54 Å². The number of hydrogen-bond donors (Lipinski definition) is 3. The normalized spacial score (nSPS) is 12.7. The molecule has 0 radical (unpaired) electrons. The van der Waals surface area contributed by atoms with Crippen LogP contribution in [0.3, 0.4) is 0 Å². The van der Waals surface area contributed by atoms with Crippen molar-refractivity contribution in [1.82, 2.24) is 5.32 Å². The van der Waals surface area contributed by atoms with Crippen LogP contribution in [0.1, 0.15) is 42.8 Å². The first-order valence-corrected chi connectivity index (χ1v) is 5.54. The molecule has 0 aliphatic heterocycles. The first-order chi connectivity index (χ1) is 7.83. The predicted octanol–water partition coefficient (Wildman–Crippen LogP) is 2.05. The molecule has 3 N–H and O–H groups in total. The van der Waals surface area contributed by atoms with Crippen LogP contribution in [0.2, 0.25) is 0 Å². The second kappa shape index (κ2) is 6.73. The molecule has 0 heterocycles. The number of carbonyl (C=O) groups is 1. The lowest BCUT2D eigenvalue weighted by atomic mass is 10.0. The first-order valence-electron chi connectivity index (χ1n) is 5.54. The standard InChI is InChI=1S/C13H19NO3.ClH/c1-13(2,3)14-7-12(17)9-4-5-11(16)10(6-9)8-15;/h4-6,8,12,14,16-17H,7H2,1-3H3;1H. The van der Waals surface area contributed by atoms with Crippen molar-refractivity contribution in [1.29, 1.82) is 0 Å². The number of hydrogen-bond acceptors (Lipinski definition) is 4. The maximum absolute atomic E-state index is 10.7. The number of benzene rings is 1. The summed E-state index contributed by atoms with van der Waals surface area (Å²) in [5, 5.41) is 22.5. The summed E-state index contributed by atoms with van der Waals surface area (Å²) in [5.74, 6) is -0.0697. The van der Waals surface area contributed by atoms with Crippen molar-refractivity contribution in [3.8, 4) is 5.75 Å². The van der Waals surface area contributed by atoms with Crippen LogP contribution in [0.4, 0.5) is 0 Å². The van der Waals surface area contributed by atoms with Gasteiger partial charge in [-0.25, -0.2) is 0 Å². The monoisotopic (exact) mass is 273 g/mol. The molecule has 0 amide bonds. The molecule has 0 fully saturated rings. The second-order valence-electron chi connectivity index (χ2n) is 5.08. The van der Waals surface area contributed by atoms with E-state index in [-0.39, 0.29) is 29.3 Å². The van der Waals surface area contributed by atoms with Gasteiger partial charge in [0, 0.05) is 12.1 Å². The van der Waals surface area contributed by atoms with Crippen molar-refractivity contribution < 1.29 is 15.0 Å². The van der Waals surface area contributed by atoms with Crippen LogP contribution < -0.4 is 5.32 Å². The van der Waals surface area contributed by atoms with E-state index in [1.165, 1.54) is 12.1 Å². The fraction of sp³-hybridized carbons (Fsp3) is 0.462. The number of carbonyl (C=O) groups excluding carboxylic acids is 1. The number of phenolic OH excluding ortho intramolecular Hbond substituents is 1. The zero-order valence-electron chi connectivity index (χ0n) is 10.8. The quantitative estimate of drug-likeness (QED) is 0.735. The van der Waals surface area contributed by atoms with Gasteiger partial charge in [-0.1, -0.05) is 6.07 Å². The molecule has 18 heavy (non-hydrogen) atoms. The van der Waals surface area contributed by atoms with Gasteiger partial charge in [-0.15, -0.1) is 12.4 Å². The third-order valence-electron chi connectivity index (χ3n) is 2.39. The van der Waals surface area contributed by atoms with Crippen molar-refractivity contribution in [2.24, 2.45) is 0 Å². The Morgan fingerprint density at radius 1 is 1.39 bits per heavy atom. The molecular weight excluding hydrogens is 254 g/mol. The predicted molar refractivity (Wildman–Crippen MR) is 73.5 cm³/mol. The number of aliphatic hydroxyl groups excluding tert-OH is 1. The SMILES string of the molecule is CC(C)(C)NCC(O)c1ccc(O)c(C=O)c1.Cl. The molecule has 1 atom stereocenters. The highest BCUT2D eigenvalue weighted by Crippen LogP contribution is 2.21. The van der Waals surface area contributed by atoms with Gasteiger partial charge in [0.2, 0.25) is 0 Å². The summed E-state index contributed by atoms with van der Waals surface area (Å²) in [7, 11) is 0. The average molecular weight is 274 g/mol. The van der Waals surface area contributed by atoms with Crippen LogP contribution in [0, 0.1) is 0 Å². The van der Waals surface area contributed by atoms with Gasteiger partial charge >= 0.3 is 0 Å². The lowest BCUT2D eigenvalue weighted by Crippen LogP contribution is -2.38. The molecule has 1 unspecified atom stereocenters. The number of aliphatic hydroxyl groups is 1. The lowest BCUT2D eigenvalue weighted by molar-refractivity contribution is 0.112. The van der Waals surface area contributed by atoms with E-state index in [2.05, 4.69) is 5.32 Å². The highest BCUT2D eigenvalue weighted by molar-refractivity contribution is 5.85. The van der Waals surface area contributed by atoms with Crippen LogP contribution in [0.25, 0.3) is 0 Å². The van der Waals surface area contributed by atoms with E-state index >= 15 is 0 Å². The molecule has 1 aromatic carbocycles. The number of rotatable bonds is 4. The summed E-state index contributed by atoms with van der Waals surface area (Å²) >= 11 is 0. The highest BCUT2D eigenvalue weighted by Gasteiger charge is 2.14. The van der Waals surface area contributed by atoms with Gasteiger partial charge in [-0.3, -0.25) is 4.79 Å². The van der Waals surface area contributed by atoms with Gasteiger partial charge in [0.1, 0.15) is 5.75 Å². The number of halogens is 1. The van der Waals surface area contributed by atoms with Gasteiger partial charge in [-0.05, 0) is 38.5 Å². The third-order valence-corrected chi connectivity index (χ3v) is 2.39. The van der Waals surface area contributed by atoms with Gasteiger partial charge in [0.15, 0.2) is 6.29 Å². The van der Waals surface area contributed by atoms with Gasteiger partial charge in [0.25, 0.3) is 0 Å². The van der Waals surface area contributed by atoms with Crippen molar-refractivity contribution in [2.45, 2.75) is 32.4 Å². The van der Waals surface area contributed by atoms with E-state index in [4.69, 9.17) is 0 Å². The van der Waals surface area contributed by atoms with Crippen molar-refractivity contribution >= 4 is 18.7 Å². The minimum Gasteiger partial charge on any atom is -0.507 e. The van der Waals surface area contributed by atoms with Crippen LogP contribution in [0.15, 0.2) is 18.2 Å². The molecule has 1 rings (SSSR count). The minimum atomic E-state index is -0.700. The molecular formula is C13H20ClNO3. The topological polar surface area (TPSA) is 69.6 Å². The van der Waals surface area contributed by atoms with Crippen molar-refractivity contribution in [3.63, 3.8) is 0 Å². The van der Waals surface area contributed by atoms with E-state index in [9.17, 15) is 15.0 Å². The number of aromatic hydroxyl groups is 1. The molecule has 0 aromatic heterocycles. The number of β-amino-alcohol motifs (C(OH)–C–C–N with tert-alkyl or cyclic N) is 1. The molecule has 0 aliphatic carbocycles. The van der Waals surface area contributed by atoms with Gasteiger partial charge in [-0.2, -0.15) is 0 Å². The van der Waals surface area contributed by atoms with Crippen LogP contribution >= 0.6 is 12.4 Å². The molecule has 4 nitrogen and oxygen atoms in total. The Balaban J connectivity index is 0.00000289. The zero-order chi connectivity index (χ0) is 13.1. The van der Waals surface area contributed by atoms with Gasteiger partial charge < -0.3 is 15.5 Å². The molecule has 0 aliphatic rings. The second-order valence-corrected chi connectivity index (χ2v) is 5.08. The Bertz CT molecular complexity index is 402. The molecule has 102 valence electrons. The zero-order valence-corrected chi connectivity index (χ0v) is 11.6. The largest absolute Gasteiger partial charge is 0.507 e. The van der Waals surface area contributed by atoms with E-state index in [0.717, 1.165) is 0 Å². The fourth-order valence-corrected chi connectivity index (χ4v) is 1.40. The summed E-state index contributed by atoms with van der Waals surface area (Å²) in [4.78, 5) is 10.7. The van der Waals surface area contributed by atoms with Crippen molar-refractivity contribution in [3.05, 3.63) is 29.3 Å².